The van der Waals surface area contributed by atoms with Crippen LogP contribution in [-0.2, 0) is 0 Å². The van der Waals surface area contributed by atoms with Gasteiger partial charge in [0.15, 0.2) is 0 Å². The largest absolute Gasteiger partial charge is 0.396 e. The highest BCUT2D eigenvalue weighted by Crippen LogP contribution is 2.32. The Hall–Kier alpha value is -1.08. The molecule has 0 saturated heterocycles. The van der Waals surface area contributed by atoms with Gasteiger partial charge in [-0.25, -0.2) is 0 Å². The van der Waals surface area contributed by atoms with Gasteiger partial charge in [-0.15, -0.1) is 0 Å². The van der Waals surface area contributed by atoms with Gasteiger partial charge in [-0.3, -0.25) is 0 Å². The Morgan fingerprint density at radius 1 is 1.23 bits per heavy atom. The number of aliphatic hydroxyl groups is 1. The second kappa shape index (κ2) is 3.75. The third-order valence-electron chi connectivity index (χ3n) is 2.65. The summed E-state index contributed by atoms with van der Waals surface area (Å²) in [6.07, 6.45) is 4.45. The van der Waals surface area contributed by atoms with Gasteiger partial charge in [0.25, 0.3) is 0 Å². The van der Waals surface area contributed by atoms with Crippen molar-refractivity contribution in [1.82, 2.24) is 0 Å². The normalized spacial score (nSPS) is 21.6. The first-order valence-corrected chi connectivity index (χ1v) is 4.78. The van der Waals surface area contributed by atoms with Crippen LogP contribution in [0.2, 0.25) is 0 Å². The first-order valence-electron chi connectivity index (χ1n) is 4.78. The average molecular weight is 174 g/mol. The smallest absolute Gasteiger partial charge is 0.0499 e. The molecule has 0 fully saturated rings. The van der Waals surface area contributed by atoms with Crippen LogP contribution >= 0.6 is 0 Å². The summed E-state index contributed by atoms with van der Waals surface area (Å²) in [6, 6.07) is 10.3. The van der Waals surface area contributed by atoms with Gasteiger partial charge in [-0.1, -0.05) is 36.4 Å². The molecule has 1 unspecified atom stereocenters. The highest BCUT2D eigenvalue weighted by molar-refractivity contribution is 5.69. The summed E-state index contributed by atoms with van der Waals surface area (Å²) >= 11 is 0. The zero-order valence-electron chi connectivity index (χ0n) is 7.61. The highest BCUT2D eigenvalue weighted by Gasteiger charge is 2.18. The maximum absolute atomic E-state index is 9.16. The van der Waals surface area contributed by atoms with E-state index in [-0.39, 0.29) is 6.61 Å². The highest BCUT2D eigenvalue weighted by atomic mass is 16.3. The van der Waals surface area contributed by atoms with Gasteiger partial charge in [-0.2, -0.15) is 0 Å². The molecule has 0 heterocycles. The number of hydrogen-bond donors (Lipinski definition) is 1. The van der Waals surface area contributed by atoms with E-state index in [1.54, 1.807) is 0 Å². The predicted molar refractivity (Wildman–Crippen MR) is 54.2 cm³/mol. The molecule has 1 aliphatic rings. The van der Waals surface area contributed by atoms with E-state index in [9.17, 15) is 0 Å². The molecule has 0 amide bonds. The number of rotatable bonds is 2. The lowest BCUT2D eigenvalue weighted by Gasteiger charge is -2.11. The predicted octanol–water partition coefficient (Wildman–Crippen LogP) is 2.47. The van der Waals surface area contributed by atoms with Crippen LogP contribution in [0, 0.1) is 5.92 Å². The SMILES string of the molecule is OCC1CCC=C1c1ccccc1. The van der Waals surface area contributed by atoms with E-state index < -0.39 is 0 Å². The Labute approximate surface area is 78.7 Å². The molecule has 1 heteroatoms. The summed E-state index contributed by atoms with van der Waals surface area (Å²) in [6.45, 7) is 0.278. The van der Waals surface area contributed by atoms with Crippen molar-refractivity contribution in [2.75, 3.05) is 6.61 Å². The van der Waals surface area contributed by atoms with Crippen molar-refractivity contribution >= 4 is 5.57 Å². The molecule has 1 atom stereocenters. The first kappa shape index (κ1) is 8.52. The van der Waals surface area contributed by atoms with Gasteiger partial charge in [0.2, 0.25) is 0 Å². The molecular formula is C12H14O. The minimum atomic E-state index is 0.278. The molecular weight excluding hydrogens is 160 g/mol. The Balaban J connectivity index is 2.26. The van der Waals surface area contributed by atoms with Crippen LogP contribution in [0.5, 0.6) is 0 Å². The summed E-state index contributed by atoms with van der Waals surface area (Å²) in [5.41, 5.74) is 2.59. The fraction of sp³-hybridized carbons (Fsp3) is 0.333. The third kappa shape index (κ3) is 1.65. The molecule has 13 heavy (non-hydrogen) atoms. The van der Waals surface area contributed by atoms with E-state index in [4.69, 9.17) is 5.11 Å². The lowest BCUT2D eigenvalue weighted by molar-refractivity contribution is 0.255. The van der Waals surface area contributed by atoms with Crippen molar-refractivity contribution in [3.63, 3.8) is 0 Å². The lowest BCUT2D eigenvalue weighted by atomic mass is 9.96. The summed E-state index contributed by atoms with van der Waals surface area (Å²) in [5.74, 6) is 0.363. The quantitative estimate of drug-likeness (QED) is 0.730. The van der Waals surface area contributed by atoms with Crippen molar-refractivity contribution in [2.24, 2.45) is 5.92 Å². The zero-order valence-corrected chi connectivity index (χ0v) is 7.61. The van der Waals surface area contributed by atoms with Crippen molar-refractivity contribution in [1.29, 1.82) is 0 Å². The number of hydrogen-bond acceptors (Lipinski definition) is 1. The minimum absolute atomic E-state index is 0.278. The van der Waals surface area contributed by atoms with Crippen LogP contribution in [0.3, 0.4) is 0 Å². The van der Waals surface area contributed by atoms with E-state index >= 15 is 0 Å². The summed E-state index contributed by atoms with van der Waals surface area (Å²) in [5, 5.41) is 9.16. The molecule has 1 aromatic carbocycles. The standard InChI is InChI=1S/C12H14O/c13-9-11-7-4-8-12(11)10-5-2-1-3-6-10/h1-3,5-6,8,11,13H,4,7,9H2. The fourth-order valence-electron chi connectivity index (χ4n) is 1.94. The molecule has 0 aromatic heterocycles. The first-order chi connectivity index (χ1) is 6.42. The van der Waals surface area contributed by atoms with Crippen LogP contribution < -0.4 is 0 Å². The van der Waals surface area contributed by atoms with Crippen molar-refractivity contribution in [2.45, 2.75) is 12.8 Å². The molecule has 68 valence electrons. The molecule has 0 radical (unpaired) electrons. The summed E-state index contributed by atoms with van der Waals surface area (Å²) in [4.78, 5) is 0. The summed E-state index contributed by atoms with van der Waals surface area (Å²) < 4.78 is 0. The maximum Gasteiger partial charge on any atom is 0.0499 e. The van der Waals surface area contributed by atoms with Gasteiger partial charge in [0.05, 0.1) is 0 Å². The monoisotopic (exact) mass is 174 g/mol. The Morgan fingerprint density at radius 3 is 2.69 bits per heavy atom. The Bertz CT molecular complexity index is 300. The van der Waals surface area contributed by atoms with Crippen molar-refractivity contribution < 1.29 is 5.11 Å². The fourth-order valence-corrected chi connectivity index (χ4v) is 1.94. The molecule has 1 aliphatic carbocycles. The number of allylic oxidation sites excluding steroid dienone is 1. The number of aliphatic hydroxyl groups excluding tert-OH is 1. The van der Waals surface area contributed by atoms with E-state index in [1.165, 1.54) is 11.1 Å². The minimum Gasteiger partial charge on any atom is -0.396 e. The molecule has 1 nitrogen and oxygen atoms in total. The molecule has 0 bridgehead atoms. The maximum atomic E-state index is 9.16. The topological polar surface area (TPSA) is 20.2 Å². The molecule has 1 aromatic rings. The van der Waals surface area contributed by atoms with Crippen LogP contribution in [-0.4, -0.2) is 11.7 Å². The zero-order chi connectivity index (χ0) is 9.10. The van der Waals surface area contributed by atoms with E-state index in [0.29, 0.717) is 5.92 Å². The van der Waals surface area contributed by atoms with Crippen molar-refractivity contribution in [3.05, 3.63) is 42.0 Å². The van der Waals surface area contributed by atoms with E-state index in [0.717, 1.165) is 12.8 Å². The third-order valence-corrected chi connectivity index (χ3v) is 2.65. The van der Waals surface area contributed by atoms with Gasteiger partial charge in [0, 0.05) is 12.5 Å². The van der Waals surface area contributed by atoms with Gasteiger partial charge < -0.3 is 5.11 Å². The molecule has 0 saturated carbocycles. The van der Waals surface area contributed by atoms with E-state index in [1.807, 2.05) is 18.2 Å². The second-order valence-corrected chi connectivity index (χ2v) is 3.48. The van der Waals surface area contributed by atoms with Crippen LogP contribution in [0.15, 0.2) is 36.4 Å². The van der Waals surface area contributed by atoms with Crippen LogP contribution in [0.4, 0.5) is 0 Å². The second-order valence-electron chi connectivity index (χ2n) is 3.48. The lowest BCUT2D eigenvalue weighted by Crippen LogP contribution is -2.03. The Kier molecular flexibility index (Phi) is 2.46. The van der Waals surface area contributed by atoms with Gasteiger partial charge >= 0.3 is 0 Å². The molecule has 0 spiro atoms. The molecule has 0 aliphatic heterocycles. The summed E-state index contributed by atoms with van der Waals surface area (Å²) in [7, 11) is 0. The van der Waals surface area contributed by atoms with Crippen molar-refractivity contribution in [3.8, 4) is 0 Å². The van der Waals surface area contributed by atoms with Crippen LogP contribution in [0.25, 0.3) is 5.57 Å². The van der Waals surface area contributed by atoms with Gasteiger partial charge in [-0.05, 0) is 24.0 Å². The average Bonchev–Trinajstić information content (AvgIpc) is 2.67. The van der Waals surface area contributed by atoms with Crippen LogP contribution in [0.1, 0.15) is 18.4 Å². The number of benzene rings is 1. The van der Waals surface area contributed by atoms with Gasteiger partial charge in [0.1, 0.15) is 0 Å². The molecule has 2 rings (SSSR count). The Morgan fingerprint density at radius 2 is 2.00 bits per heavy atom. The molecule has 1 N–H and O–H groups in total. The van der Waals surface area contributed by atoms with E-state index in [2.05, 4.69) is 18.2 Å².